The molecule has 0 heterocycles. The van der Waals surface area contributed by atoms with E-state index >= 15 is 0 Å². The summed E-state index contributed by atoms with van der Waals surface area (Å²) >= 11 is 12.2. The Hall–Kier alpha value is -1.22. The van der Waals surface area contributed by atoms with Crippen LogP contribution >= 0.6 is 23.2 Å². The van der Waals surface area contributed by atoms with Crippen molar-refractivity contribution in [2.24, 2.45) is 5.73 Å². The van der Waals surface area contributed by atoms with Crippen LogP contribution in [0.25, 0.3) is 0 Å². The number of halogens is 2. The van der Waals surface area contributed by atoms with E-state index in [2.05, 4.69) is 19.1 Å². The highest BCUT2D eigenvalue weighted by atomic mass is 35.5. The first kappa shape index (κ1) is 17.1. The Kier molecular flexibility index (Phi) is 6.13. The van der Waals surface area contributed by atoms with Gasteiger partial charge in [0.1, 0.15) is 5.75 Å². The third-order valence-electron chi connectivity index (χ3n) is 3.74. The third kappa shape index (κ3) is 4.16. The molecule has 2 aromatic carbocycles. The van der Waals surface area contributed by atoms with Gasteiger partial charge >= 0.3 is 0 Å². The molecule has 22 heavy (non-hydrogen) atoms. The molecule has 1 atom stereocenters. The summed E-state index contributed by atoms with van der Waals surface area (Å²) < 4.78 is 5.59. The molecule has 2 N–H and O–H groups in total. The van der Waals surface area contributed by atoms with E-state index in [1.54, 1.807) is 6.07 Å². The molecular weight excluding hydrogens is 317 g/mol. The smallest absolute Gasteiger partial charge is 0.122 e. The van der Waals surface area contributed by atoms with Gasteiger partial charge in [-0.2, -0.15) is 0 Å². The van der Waals surface area contributed by atoms with Gasteiger partial charge in [0, 0.05) is 16.0 Å². The molecule has 2 aromatic rings. The summed E-state index contributed by atoms with van der Waals surface area (Å²) in [6.07, 6.45) is 0.792. The molecule has 2 rings (SSSR count). The molecule has 0 saturated heterocycles. The van der Waals surface area contributed by atoms with Crippen LogP contribution in [0.2, 0.25) is 10.0 Å². The molecule has 4 heteroatoms. The molecule has 0 amide bonds. The number of hydrogen-bond donors (Lipinski definition) is 1. The normalized spacial score (nSPS) is 12.2. The maximum Gasteiger partial charge on any atom is 0.122 e. The molecule has 0 saturated carbocycles. The molecule has 0 aliphatic carbocycles. The van der Waals surface area contributed by atoms with Crippen LogP contribution in [0.5, 0.6) is 5.75 Å². The van der Waals surface area contributed by atoms with Crippen LogP contribution < -0.4 is 10.5 Å². The van der Waals surface area contributed by atoms with E-state index < -0.39 is 0 Å². The quantitative estimate of drug-likeness (QED) is 0.806. The molecule has 0 bridgehead atoms. The lowest BCUT2D eigenvalue weighted by molar-refractivity contribution is 0.337. The zero-order chi connectivity index (χ0) is 16.1. The zero-order valence-corrected chi connectivity index (χ0v) is 14.4. The Morgan fingerprint density at radius 2 is 1.91 bits per heavy atom. The molecule has 0 aromatic heterocycles. The fourth-order valence-electron chi connectivity index (χ4n) is 2.53. The average molecular weight is 338 g/mol. The lowest BCUT2D eigenvalue weighted by atomic mass is 9.91. The monoisotopic (exact) mass is 337 g/mol. The minimum atomic E-state index is 0.216. The van der Waals surface area contributed by atoms with Crippen LogP contribution in [0, 0.1) is 6.92 Å². The molecule has 1 unspecified atom stereocenters. The molecule has 0 aliphatic rings. The van der Waals surface area contributed by atoms with Crippen LogP contribution in [-0.4, -0.2) is 13.2 Å². The average Bonchev–Trinajstić information content (AvgIpc) is 2.49. The number of aryl methyl sites for hydroxylation is 1. The van der Waals surface area contributed by atoms with E-state index in [1.807, 2.05) is 25.1 Å². The molecule has 0 fully saturated rings. The number of ether oxygens (including phenoxy) is 1. The summed E-state index contributed by atoms with van der Waals surface area (Å²) in [5, 5.41) is 1.34. The largest absolute Gasteiger partial charge is 0.494 e. The second-order valence-electron chi connectivity index (χ2n) is 5.33. The van der Waals surface area contributed by atoms with Crippen LogP contribution in [0.15, 0.2) is 36.4 Å². The van der Waals surface area contributed by atoms with Gasteiger partial charge in [0.05, 0.1) is 6.61 Å². The van der Waals surface area contributed by atoms with Gasteiger partial charge in [0.2, 0.25) is 0 Å². The van der Waals surface area contributed by atoms with E-state index in [-0.39, 0.29) is 5.92 Å². The number of nitrogens with two attached hydrogens (primary N) is 1. The van der Waals surface area contributed by atoms with Crippen LogP contribution in [0.3, 0.4) is 0 Å². The van der Waals surface area contributed by atoms with Crippen molar-refractivity contribution < 1.29 is 4.74 Å². The van der Waals surface area contributed by atoms with E-state index in [4.69, 9.17) is 33.7 Å². The topological polar surface area (TPSA) is 35.2 Å². The van der Waals surface area contributed by atoms with Gasteiger partial charge in [-0.25, -0.2) is 0 Å². The minimum Gasteiger partial charge on any atom is -0.494 e. The standard InChI is InChI=1S/C18H21Cl2NO/c1-3-22-18-7-5-13(8-12(18)2)15(11-21)9-14-4-6-16(19)10-17(14)20/h4-8,10,15H,3,9,11,21H2,1-2H3. The van der Waals surface area contributed by atoms with E-state index in [0.29, 0.717) is 23.2 Å². The summed E-state index contributed by atoms with van der Waals surface area (Å²) in [7, 11) is 0. The molecule has 0 spiro atoms. The van der Waals surface area contributed by atoms with Gasteiger partial charge in [-0.3, -0.25) is 0 Å². The van der Waals surface area contributed by atoms with Crippen molar-refractivity contribution in [2.75, 3.05) is 13.2 Å². The van der Waals surface area contributed by atoms with E-state index in [1.165, 1.54) is 5.56 Å². The summed E-state index contributed by atoms with van der Waals surface area (Å²) in [5.74, 6) is 1.14. The Labute approximate surface area is 142 Å². The van der Waals surface area contributed by atoms with Crippen molar-refractivity contribution in [2.45, 2.75) is 26.2 Å². The summed E-state index contributed by atoms with van der Waals surface area (Å²) in [6.45, 7) is 5.27. The van der Waals surface area contributed by atoms with Crippen LogP contribution in [-0.2, 0) is 6.42 Å². The third-order valence-corrected chi connectivity index (χ3v) is 4.32. The van der Waals surface area contributed by atoms with Gasteiger partial charge in [-0.05, 0) is 61.7 Å². The van der Waals surface area contributed by atoms with Crippen molar-refractivity contribution in [3.63, 3.8) is 0 Å². The van der Waals surface area contributed by atoms with Crippen molar-refractivity contribution in [1.29, 1.82) is 0 Å². The maximum atomic E-state index is 6.27. The highest BCUT2D eigenvalue weighted by Crippen LogP contribution is 2.29. The first-order valence-corrected chi connectivity index (χ1v) is 8.18. The summed E-state index contributed by atoms with van der Waals surface area (Å²) in [6, 6.07) is 11.8. The number of benzene rings is 2. The molecule has 118 valence electrons. The fourth-order valence-corrected chi connectivity index (χ4v) is 3.02. The van der Waals surface area contributed by atoms with Crippen LogP contribution in [0.4, 0.5) is 0 Å². The first-order valence-electron chi connectivity index (χ1n) is 7.42. The summed E-state index contributed by atoms with van der Waals surface area (Å²) in [4.78, 5) is 0. The first-order chi connectivity index (χ1) is 10.5. The van der Waals surface area contributed by atoms with E-state index in [9.17, 15) is 0 Å². The molecular formula is C18H21Cl2NO. The lowest BCUT2D eigenvalue weighted by Gasteiger charge is -2.18. The van der Waals surface area contributed by atoms with Crippen molar-refractivity contribution >= 4 is 23.2 Å². The molecule has 2 nitrogen and oxygen atoms in total. The molecule has 0 radical (unpaired) electrons. The number of hydrogen-bond acceptors (Lipinski definition) is 2. The SMILES string of the molecule is CCOc1ccc(C(CN)Cc2ccc(Cl)cc2Cl)cc1C. The zero-order valence-electron chi connectivity index (χ0n) is 12.9. The van der Waals surface area contributed by atoms with Gasteiger partial charge in [-0.15, -0.1) is 0 Å². The second kappa shape index (κ2) is 7.87. The van der Waals surface area contributed by atoms with Gasteiger partial charge < -0.3 is 10.5 Å². The Balaban J connectivity index is 2.22. The predicted molar refractivity (Wildman–Crippen MR) is 94.3 cm³/mol. The maximum absolute atomic E-state index is 6.27. The van der Waals surface area contributed by atoms with Gasteiger partial charge in [0.25, 0.3) is 0 Å². The minimum absolute atomic E-state index is 0.216. The molecule has 0 aliphatic heterocycles. The van der Waals surface area contributed by atoms with Crippen molar-refractivity contribution in [3.8, 4) is 5.75 Å². The Morgan fingerprint density at radius 1 is 1.14 bits per heavy atom. The van der Waals surface area contributed by atoms with E-state index in [0.717, 1.165) is 23.3 Å². The van der Waals surface area contributed by atoms with Gasteiger partial charge in [0.15, 0.2) is 0 Å². The van der Waals surface area contributed by atoms with Gasteiger partial charge in [-0.1, -0.05) is 41.4 Å². The second-order valence-corrected chi connectivity index (χ2v) is 6.17. The van der Waals surface area contributed by atoms with Crippen LogP contribution in [0.1, 0.15) is 29.5 Å². The lowest BCUT2D eigenvalue weighted by Crippen LogP contribution is -2.15. The number of rotatable bonds is 6. The Bertz CT molecular complexity index is 643. The highest BCUT2D eigenvalue weighted by molar-refractivity contribution is 6.35. The van der Waals surface area contributed by atoms with Crippen molar-refractivity contribution in [1.82, 2.24) is 0 Å². The summed E-state index contributed by atoms with van der Waals surface area (Å²) in [5.41, 5.74) is 9.37. The predicted octanol–water partition coefficient (Wildman–Crippen LogP) is 4.99. The highest BCUT2D eigenvalue weighted by Gasteiger charge is 2.14. The Morgan fingerprint density at radius 3 is 2.50 bits per heavy atom. The fraction of sp³-hybridized carbons (Fsp3) is 0.333. The van der Waals surface area contributed by atoms with Crippen molar-refractivity contribution in [3.05, 3.63) is 63.1 Å².